The molecule has 0 radical (unpaired) electrons. The highest BCUT2D eigenvalue weighted by Crippen LogP contribution is 2.37. The van der Waals surface area contributed by atoms with E-state index in [-0.39, 0.29) is 11.5 Å². The van der Waals surface area contributed by atoms with Gasteiger partial charge in [0.25, 0.3) is 0 Å². The van der Waals surface area contributed by atoms with Crippen LogP contribution in [0, 0.1) is 6.92 Å². The molecule has 2 aromatic heterocycles. The van der Waals surface area contributed by atoms with Crippen molar-refractivity contribution in [3.05, 3.63) is 53.7 Å². The minimum Gasteiger partial charge on any atom is -0.406 e. The molecule has 0 aliphatic rings. The predicted octanol–water partition coefficient (Wildman–Crippen LogP) is 5.22. The van der Waals surface area contributed by atoms with Crippen LogP contribution >= 0.6 is 0 Å². The number of rotatable bonds is 4. The summed E-state index contributed by atoms with van der Waals surface area (Å²) < 4.78 is 41.3. The summed E-state index contributed by atoms with van der Waals surface area (Å²) in [5, 5.41) is 0. The topological polar surface area (TPSA) is 96.8 Å². The first kappa shape index (κ1) is 19.6. The van der Waals surface area contributed by atoms with Crippen molar-refractivity contribution in [1.29, 1.82) is 0 Å². The van der Waals surface area contributed by atoms with Gasteiger partial charge in [-0.3, -0.25) is 4.79 Å². The zero-order chi connectivity index (χ0) is 21.6. The van der Waals surface area contributed by atoms with Crippen LogP contribution in [0.2, 0.25) is 0 Å². The molecule has 4 aromatic rings. The molecule has 0 aliphatic heterocycles. The molecular formula is C21H17F3N4O2. The van der Waals surface area contributed by atoms with Crippen molar-refractivity contribution in [3.63, 3.8) is 0 Å². The Kier molecular flexibility index (Phi) is 4.53. The number of hydrogen-bond donors (Lipinski definition) is 3. The lowest BCUT2D eigenvalue weighted by Crippen LogP contribution is -2.16. The summed E-state index contributed by atoms with van der Waals surface area (Å²) in [6.07, 6.45) is -4.78. The van der Waals surface area contributed by atoms with E-state index in [2.05, 4.69) is 19.7 Å². The van der Waals surface area contributed by atoms with Gasteiger partial charge in [-0.25, -0.2) is 4.98 Å². The number of aryl methyl sites for hydroxylation is 1. The van der Waals surface area contributed by atoms with Gasteiger partial charge >= 0.3 is 6.36 Å². The molecule has 4 N–H and O–H groups in total. The molecule has 6 nitrogen and oxygen atoms in total. The third-order valence-corrected chi connectivity index (χ3v) is 4.66. The third-order valence-electron chi connectivity index (χ3n) is 4.66. The number of nitrogen functional groups attached to an aromatic ring is 1. The van der Waals surface area contributed by atoms with E-state index in [1.54, 1.807) is 25.1 Å². The minimum absolute atomic E-state index is 0.180. The SMILES string of the molecule is CC(=O)c1c(C)[nH]c(-c2nc3ccc(N)cc3[nH]2)c1-c1ccc(OC(F)(F)F)cc1. The fourth-order valence-corrected chi connectivity index (χ4v) is 3.50. The summed E-state index contributed by atoms with van der Waals surface area (Å²) in [5.41, 5.74) is 10.5. The molecule has 0 aliphatic carbocycles. The van der Waals surface area contributed by atoms with Gasteiger partial charge in [-0.15, -0.1) is 13.2 Å². The van der Waals surface area contributed by atoms with E-state index >= 15 is 0 Å². The monoisotopic (exact) mass is 414 g/mol. The maximum absolute atomic E-state index is 12.5. The van der Waals surface area contributed by atoms with Crippen LogP contribution in [0.4, 0.5) is 18.9 Å². The Morgan fingerprint density at radius 1 is 1.10 bits per heavy atom. The average Bonchev–Trinajstić information content (AvgIpc) is 3.21. The van der Waals surface area contributed by atoms with Crippen LogP contribution < -0.4 is 10.5 Å². The zero-order valence-electron chi connectivity index (χ0n) is 16.0. The Bertz CT molecular complexity index is 1250. The van der Waals surface area contributed by atoms with E-state index in [1.807, 2.05) is 0 Å². The van der Waals surface area contributed by atoms with Crippen LogP contribution in [0.1, 0.15) is 23.0 Å². The van der Waals surface area contributed by atoms with Crippen molar-refractivity contribution >= 4 is 22.5 Å². The number of ketones is 1. The van der Waals surface area contributed by atoms with Gasteiger partial charge in [0.05, 0.1) is 16.7 Å². The molecule has 0 bridgehead atoms. The molecule has 2 aromatic carbocycles. The number of Topliss-reactive ketones (excluding diaryl/α,β-unsaturated/α-hetero) is 1. The second kappa shape index (κ2) is 6.94. The maximum atomic E-state index is 12.5. The van der Waals surface area contributed by atoms with Crippen molar-refractivity contribution < 1.29 is 22.7 Å². The van der Waals surface area contributed by atoms with Gasteiger partial charge in [0.2, 0.25) is 0 Å². The molecule has 0 saturated heterocycles. The second-order valence-corrected chi connectivity index (χ2v) is 6.87. The van der Waals surface area contributed by atoms with E-state index in [0.717, 1.165) is 5.52 Å². The first-order valence-electron chi connectivity index (χ1n) is 8.97. The Balaban J connectivity index is 1.87. The number of nitrogens with zero attached hydrogens (tertiary/aromatic N) is 1. The minimum atomic E-state index is -4.78. The summed E-state index contributed by atoms with van der Waals surface area (Å²) in [5.74, 6) is -0.0403. The molecule has 0 saturated carbocycles. The normalized spacial score (nSPS) is 11.8. The van der Waals surface area contributed by atoms with E-state index in [1.165, 1.54) is 31.2 Å². The Labute approximate surface area is 168 Å². The van der Waals surface area contributed by atoms with Crippen molar-refractivity contribution in [2.75, 3.05) is 5.73 Å². The number of alkyl halides is 3. The molecule has 4 rings (SSSR count). The molecule has 9 heteroatoms. The van der Waals surface area contributed by atoms with E-state index in [4.69, 9.17) is 5.73 Å². The average molecular weight is 414 g/mol. The number of H-pyrrole nitrogens is 2. The first-order valence-corrected chi connectivity index (χ1v) is 8.97. The number of halogens is 3. The number of anilines is 1. The summed E-state index contributed by atoms with van der Waals surface area (Å²) in [4.78, 5) is 23.3. The quantitative estimate of drug-likeness (QED) is 0.315. The summed E-state index contributed by atoms with van der Waals surface area (Å²) in [6, 6.07) is 10.6. The highest BCUT2D eigenvalue weighted by atomic mass is 19.4. The lowest BCUT2D eigenvalue weighted by Gasteiger charge is -2.10. The van der Waals surface area contributed by atoms with Crippen molar-refractivity contribution in [2.45, 2.75) is 20.2 Å². The predicted molar refractivity (Wildman–Crippen MR) is 107 cm³/mol. The lowest BCUT2D eigenvalue weighted by molar-refractivity contribution is -0.274. The van der Waals surface area contributed by atoms with Gasteiger partial charge in [0, 0.05) is 22.5 Å². The van der Waals surface area contributed by atoms with Crippen molar-refractivity contribution in [3.8, 4) is 28.4 Å². The largest absolute Gasteiger partial charge is 0.573 e. The number of aromatic amines is 2. The molecular weight excluding hydrogens is 397 g/mol. The van der Waals surface area contributed by atoms with Crippen LogP contribution in [-0.4, -0.2) is 27.1 Å². The molecule has 154 valence electrons. The van der Waals surface area contributed by atoms with Gasteiger partial charge in [-0.2, -0.15) is 0 Å². The highest BCUT2D eigenvalue weighted by molar-refractivity contribution is 6.05. The summed E-state index contributed by atoms with van der Waals surface area (Å²) >= 11 is 0. The zero-order valence-corrected chi connectivity index (χ0v) is 16.0. The number of carbonyl (C=O) groups excluding carboxylic acids is 1. The van der Waals surface area contributed by atoms with E-state index in [0.29, 0.717) is 45.1 Å². The van der Waals surface area contributed by atoms with Crippen molar-refractivity contribution in [2.24, 2.45) is 0 Å². The van der Waals surface area contributed by atoms with Crippen LogP contribution in [0.25, 0.3) is 33.7 Å². The van der Waals surface area contributed by atoms with Crippen LogP contribution in [-0.2, 0) is 0 Å². The third kappa shape index (κ3) is 3.61. The number of ether oxygens (including phenoxy) is 1. The van der Waals surface area contributed by atoms with E-state index < -0.39 is 6.36 Å². The fourth-order valence-electron chi connectivity index (χ4n) is 3.50. The Morgan fingerprint density at radius 3 is 2.43 bits per heavy atom. The molecule has 0 spiro atoms. The smallest absolute Gasteiger partial charge is 0.406 e. The summed E-state index contributed by atoms with van der Waals surface area (Å²) in [7, 11) is 0. The fraction of sp³-hybridized carbons (Fsp3) is 0.143. The van der Waals surface area contributed by atoms with Gasteiger partial charge in [0.1, 0.15) is 5.75 Å². The lowest BCUT2D eigenvalue weighted by atomic mass is 9.97. The number of carbonyl (C=O) groups is 1. The highest BCUT2D eigenvalue weighted by Gasteiger charge is 2.31. The van der Waals surface area contributed by atoms with Gasteiger partial charge < -0.3 is 20.4 Å². The molecule has 0 unspecified atom stereocenters. The molecule has 30 heavy (non-hydrogen) atoms. The Morgan fingerprint density at radius 2 is 1.80 bits per heavy atom. The standard InChI is InChI=1S/C21H17F3N4O2/c1-10-17(11(2)29)18(12-3-6-14(7-4-12)30-21(22,23)24)19(26-10)20-27-15-8-5-13(25)9-16(15)28-20/h3-9,26H,25H2,1-2H3,(H,27,28). The van der Waals surface area contributed by atoms with Crippen LogP contribution in [0.5, 0.6) is 5.75 Å². The number of nitrogens with one attached hydrogen (secondary N) is 2. The number of benzene rings is 2. The summed E-state index contributed by atoms with van der Waals surface area (Å²) in [6.45, 7) is 3.19. The Hall–Kier alpha value is -3.75. The maximum Gasteiger partial charge on any atom is 0.573 e. The van der Waals surface area contributed by atoms with Crippen LogP contribution in [0.15, 0.2) is 42.5 Å². The van der Waals surface area contributed by atoms with Gasteiger partial charge in [-0.05, 0) is 49.7 Å². The van der Waals surface area contributed by atoms with Gasteiger partial charge in [-0.1, -0.05) is 12.1 Å². The van der Waals surface area contributed by atoms with E-state index in [9.17, 15) is 18.0 Å². The van der Waals surface area contributed by atoms with Gasteiger partial charge in [0.15, 0.2) is 11.6 Å². The number of nitrogens with two attached hydrogens (primary N) is 1. The number of aromatic nitrogens is 3. The number of fused-ring (bicyclic) bond motifs is 1. The molecule has 2 heterocycles. The van der Waals surface area contributed by atoms with Crippen LogP contribution in [0.3, 0.4) is 0 Å². The molecule has 0 atom stereocenters. The van der Waals surface area contributed by atoms with Crippen molar-refractivity contribution in [1.82, 2.24) is 15.0 Å². The first-order chi connectivity index (χ1) is 14.1. The number of hydrogen-bond acceptors (Lipinski definition) is 4. The molecule has 0 fully saturated rings. The second-order valence-electron chi connectivity index (χ2n) is 6.87. The number of imidazole rings is 1. The molecule has 0 amide bonds.